The summed E-state index contributed by atoms with van der Waals surface area (Å²) >= 11 is 0. The number of para-hydroxylation sites is 1. The molecule has 184 valence electrons. The molecule has 2 aliphatic heterocycles. The molecule has 5 nitrogen and oxygen atoms in total. The number of aliphatic hydroxyl groups excluding tert-OH is 1. The minimum Gasteiger partial charge on any atom is -0.493 e. The van der Waals surface area contributed by atoms with Gasteiger partial charge in [-0.3, -0.25) is 4.79 Å². The molecular formula is C29H39NO4. The van der Waals surface area contributed by atoms with E-state index in [-0.39, 0.29) is 29.9 Å². The molecule has 2 aromatic carbocycles. The minimum absolute atomic E-state index is 0.0593. The van der Waals surface area contributed by atoms with E-state index in [0.717, 1.165) is 55.7 Å². The lowest BCUT2D eigenvalue weighted by molar-refractivity contribution is -0.143. The van der Waals surface area contributed by atoms with E-state index in [9.17, 15) is 9.90 Å². The molecule has 4 atom stereocenters. The van der Waals surface area contributed by atoms with Crippen molar-refractivity contribution in [1.82, 2.24) is 4.90 Å². The predicted molar refractivity (Wildman–Crippen MR) is 134 cm³/mol. The third-order valence-electron chi connectivity index (χ3n) is 8.27. The van der Waals surface area contributed by atoms with E-state index in [1.54, 1.807) is 7.11 Å². The molecule has 2 heterocycles. The molecule has 5 heteroatoms. The van der Waals surface area contributed by atoms with Crippen molar-refractivity contribution in [3.8, 4) is 11.5 Å². The highest BCUT2D eigenvalue weighted by atomic mass is 16.5. The van der Waals surface area contributed by atoms with Crippen molar-refractivity contribution in [3.05, 3.63) is 59.7 Å². The van der Waals surface area contributed by atoms with Crippen LogP contribution in [0.25, 0.3) is 0 Å². The fourth-order valence-electron chi connectivity index (χ4n) is 6.46. The van der Waals surface area contributed by atoms with E-state index >= 15 is 0 Å². The molecular weight excluding hydrogens is 426 g/mol. The van der Waals surface area contributed by atoms with Crippen LogP contribution in [-0.2, 0) is 10.2 Å². The van der Waals surface area contributed by atoms with Crippen LogP contribution in [-0.4, -0.2) is 48.8 Å². The molecule has 2 aromatic rings. The highest BCUT2D eigenvalue weighted by Crippen LogP contribution is 2.51. The Bertz CT molecular complexity index is 962. The Balaban J connectivity index is 1.64. The number of hydrogen-bond acceptors (Lipinski definition) is 4. The van der Waals surface area contributed by atoms with Crippen LogP contribution in [0.3, 0.4) is 0 Å². The molecule has 2 aliphatic rings. The number of nitrogens with zero attached hydrogens (tertiary/aromatic N) is 1. The van der Waals surface area contributed by atoms with Crippen LogP contribution in [0.4, 0.5) is 0 Å². The number of rotatable bonds is 8. The number of fused-ring (bicyclic) bond motifs is 1. The van der Waals surface area contributed by atoms with Crippen molar-refractivity contribution in [3.63, 3.8) is 0 Å². The molecule has 0 radical (unpaired) electrons. The van der Waals surface area contributed by atoms with Crippen LogP contribution in [0.1, 0.15) is 69.4 Å². The van der Waals surface area contributed by atoms with Crippen LogP contribution >= 0.6 is 0 Å². The molecule has 0 bridgehead atoms. The number of likely N-dealkylation sites (tertiary alicyclic amines) is 1. The molecule has 1 saturated heterocycles. The molecule has 1 unspecified atom stereocenters. The highest BCUT2D eigenvalue weighted by Gasteiger charge is 2.48. The van der Waals surface area contributed by atoms with Gasteiger partial charge in [-0.15, -0.1) is 0 Å². The minimum atomic E-state index is -0.284. The Labute approximate surface area is 204 Å². The first-order valence-corrected chi connectivity index (χ1v) is 12.9. The van der Waals surface area contributed by atoms with Gasteiger partial charge in [-0.25, -0.2) is 0 Å². The second-order valence-electron chi connectivity index (χ2n) is 9.74. The zero-order valence-corrected chi connectivity index (χ0v) is 20.8. The Morgan fingerprint density at radius 2 is 2.00 bits per heavy atom. The van der Waals surface area contributed by atoms with Crippen molar-refractivity contribution in [1.29, 1.82) is 0 Å². The van der Waals surface area contributed by atoms with Gasteiger partial charge in [-0.2, -0.15) is 0 Å². The fraction of sp³-hybridized carbons (Fsp3) is 0.552. The third kappa shape index (κ3) is 4.43. The van der Waals surface area contributed by atoms with E-state index in [0.29, 0.717) is 18.9 Å². The second kappa shape index (κ2) is 10.8. The summed E-state index contributed by atoms with van der Waals surface area (Å²) in [5, 5.41) is 9.84. The average Bonchev–Trinajstić information content (AvgIpc) is 2.89. The Hall–Kier alpha value is -2.53. The standard InChI is InChI=1S/C29H39NO4/c1-4-24(29(5-2)16-19-34-27-25(29)12-9-13-26(27)33-3)28(32)30-17-14-22(20-23(30)15-18-31)21-10-7-6-8-11-21/h6-13,22-24,31H,4-5,14-20H2,1-3H3/t22-,23?,24+,29+/m1/s1. The van der Waals surface area contributed by atoms with Crippen LogP contribution in [0, 0.1) is 5.92 Å². The lowest BCUT2D eigenvalue weighted by Crippen LogP contribution is -2.53. The van der Waals surface area contributed by atoms with Crippen molar-refractivity contribution in [2.45, 2.75) is 69.7 Å². The summed E-state index contributed by atoms with van der Waals surface area (Å²) in [5.74, 6) is 2.04. The van der Waals surface area contributed by atoms with Crippen LogP contribution < -0.4 is 9.47 Å². The molecule has 34 heavy (non-hydrogen) atoms. The maximum absolute atomic E-state index is 14.3. The van der Waals surface area contributed by atoms with Crippen molar-refractivity contribution >= 4 is 5.91 Å². The van der Waals surface area contributed by atoms with E-state index < -0.39 is 0 Å². The normalized spacial score (nSPS) is 25.2. The first-order chi connectivity index (χ1) is 16.6. The van der Waals surface area contributed by atoms with Gasteiger partial charge < -0.3 is 19.5 Å². The third-order valence-corrected chi connectivity index (χ3v) is 8.27. The number of methoxy groups -OCH3 is 1. The second-order valence-corrected chi connectivity index (χ2v) is 9.74. The average molecular weight is 466 g/mol. The quantitative estimate of drug-likeness (QED) is 0.574. The molecule has 0 aromatic heterocycles. The van der Waals surface area contributed by atoms with Crippen LogP contribution in [0.2, 0.25) is 0 Å². The van der Waals surface area contributed by atoms with Gasteiger partial charge in [0.1, 0.15) is 0 Å². The van der Waals surface area contributed by atoms with E-state index in [2.05, 4.69) is 49.1 Å². The van der Waals surface area contributed by atoms with Crippen molar-refractivity contribution < 1.29 is 19.4 Å². The Kier molecular flexibility index (Phi) is 7.82. The lowest BCUT2D eigenvalue weighted by Gasteiger charge is -2.47. The number of hydrogen-bond donors (Lipinski definition) is 1. The highest BCUT2D eigenvalue weighted by molar-refractivity contribution is 5.81. The largest absolute Gasteiger partial charge is 0.493 e. The zero-order valence-electron chi connectivity index (χ0n) is 20.8. The van der Waals surface area contributed by atoms with Gasteiger partial charge in [0, 0.05) is 36.1 Å². The lowest BCUT2D eigenvalue weighted by atomic mass is 9.63. The van der Waals surface area contributed by atoms with E-state index in [1.807, 2.05) is 18.2 Å². The monoisotopic (exact) mass is 465 g/mol. The Morgan fingerprint density at radius 1 is 1.21 bits per heavy atom. The molecule has 4 rings (SSSR count). The number of aliphatic hydroxyl groups is 1. The number of carbonyl (C=O) groups excluding carboxylic acids is 1. The number of ether oxygens (including phenoxy) is 2. The maximum Gasteiger partial charge on any atom is 0.226 e. The molecule has 1 N–H and O–H groups in total. The number of piperidine rings is 1. The summed E-state index contributed by atoms with van der Waals surface area (Å²) in [4.78, 5) is 16.4. The summed E-state index contributed by atoms with van der Waals surface area (Å²) in [6.07, 6.45) is 4.94. The van der Waals surface area contributed by atoms with Gasteiger partial charge in [0.25, 0.3) is 0 Å². The molecule has 0 saturated carbocycles. The van der Waals surface area contributed by atoms with E-state index in [1.165, 1.54) is 5.56 Å². The predicted octanol–water partition coefficient (Wildman–Crippen LogP) is 5.31. The smallest absolute Gasteiger partial charge is 0.226 e. The number of carbonyl (C=O) groups is 1. The molecule has 1 fully saturated rings. The van der Waals surface area contributed by atoms with Crippen LogP contribution in [0.5, 0.6) is 11.5 Å². The van der Waals surface area contributed by atoms with Crippen molar-refractivity contribution in [2.75, 3.05) is 26.9 Å². The summed E-state index contributed by atoms with van der Waals surface area (Å²) in [6.45, 7) is 5.74. The van der Waals surface area contributed by atoms with Crippen LogP contribution in [0.15, 0.2) is 48.5 Å². The topological polar surface area (TPSA) is 59.0 Å². The Morgan fingerprint density at radius 3 is 2.68 bits per heavy atom. The molecule has 0 spiro atoms. The fourth-order valence-corrected chi connectivity index (χ4v) is 6.46. The zero-order chi connectivity index (χ0) is 24.1. The first-order valence-electron chi connectivity index (χ1n) is 12.9. The SMILES string of the molecule is CC[C@@H](C(=O)N1CC[C@@H](c2ccccc2)CC1CCO)[C@]1(CC)CCOc2c(OC)cccc21. The van der Waals surface area contributed by atoms with Gasteiger partial charge in [0.05, 0.1) is 13.7 Å². The van der Waals surface area contributed by atoms with E-state index in [4.69, 9.17) is 9.47 Å². The molecule has 0 aliphatic carbocycles. The van der Waals surface area contributed by atoms with Gasteiger partial charge in [0.15, 0.2) is 11.5 Å². The van der Waals surface area contributed by atoms with Gasteiger partial charge in [-0.05, 0) is 56.1 Å². The number of amides is 1. The van der Waals surface area contributed by atoms with Gasteiger partial charge in [-0.1, -0.05) is 56.3 Å². The van der Waals surface area contributed by atoms with Gasteiger partial charge in [0.2, 0.25) is 5.91 Å². The summed E-state index contributed by atoms with van der Waals surface area (Å²) < 4.78 is 11.7. The first kappa shape index (κ1) is 24.6. The van der Waals surface area contributed by atoms with Crippen molar-refractivity contribution in [2.24, 2.45) is 5.92 Å². The molecule has 1 amide bonds. The summed E-state index contributed by atoms with van der Waals surface area (Å²) in [7, 11) is 1.67. The number of benzene rings is 2. The van der Waals surface area contributed by atoms with Gasteiger partial charge >= 0.3 is 0 Å². The summed E-state index contributed by atoms with van der Waals surface area (Å²) in [6, 6.07) is 16.7. The maximum atomic E-state index is 14.3. The summed E-state index contributed by atoms with van der Waals surface area (Å²) in [5.41, 5.74) is 2.15.